The summed E-state index contributed by atoms with van der Waals surface area (Å²) in [6.45, 7) is 2.21. The lowest BCUT2D eigenvalue weighted by Crippen LogP contribution is -2.31. The lowest BCUT2D eigenvalue weighted by molar-refractivity contribution is -0.122. The van der Waals surface area contributed by atoms with E-state index >= 15 is 0 Å². The Morgan fingerprint density at radius 1 is 1.42 bits per heavy atom. The summed E-state index contributed by atoms with van der Waals surface area (Å²) in [7, 11) is 0. The fourth-order valence-corrected chi connectivity index (χ4v) is 2.15. The quantitative estimate of drug-likeness (QED) is 0.614. The molecule has 1 aromatic carbocycles. The first-order valence-electron chi connectivity index (χ1n) is 6.46. The minimum Gasteiger partial charge on any atom is -0.492 e. The van der Waals surface area contributed by atoms with E-state index in [2.05, 4.69) is 5.32 Å². The summed E-state index contributed by atoms with van der Waals surface area (Å²) in [5, 5.41) is 2.91. The third kappa shape index (κ3) is 3.85. The van der Waals surface area contributed by atoms with E-state index in [0.717, 1.165) is 17.7 Å². The SMILES string of the molecule is O=C(NCCCOCCCl)C1COc2ccccc21. The highest BCUT2D eigenvalue weighted by Crippen LogP contribution is 2.33. The van der Waals surface area contributed by atoms with E-state index in [-0.39, 0.29) is 11.8 Å². The van der Waals surface area contributed by atoms with Gasteiger partial charge < -0.3 is 14.8 Å². The van der Waals surface area contributed by atoms with Gasteiger partial charge in [0, 0.05) is 24.6 Å². The van der Waals surface area contributed by atoms with Gasteiger partial charge in [-0.2, -0.15) is 0 Å². The minimum atomic E-state index is -0.194. The Morgan fingerprint density at radius 3 is 3.11 bits per heavy atom. The van der Waals surface area contributed by atoms with E-state index in [1.165, 1.54) is 0 Å². The summed E-state index contributed by atoms with van der Waals surface area (Å²) in [4.78, 5) is 12.0. The van der Waals surface area contributed by atoms with Gasteiger partial charge in [0.2, 0.25) is 5.91 Å². The molecule has 0 bridgehead atoms. The first-order chi connectivity index (χ1) is 9.33. The Morgan fingerprint density at radius 2 is 2.26 bits per heavy atom. The van der Waals surface area contributed by atoms with Crippen molar-refractivity contribution in [3.8, 4) is 5.75 Å². The Hall–Kier alpha value is -1.26. The van der Waals surface area contributed by atoms with E-state index in [1.807, 2.05) is 24.3 Å². The monoisotopic (exact) mass is 283 g/mol. The van der Waals surface area contributed by atoms with Crippen LogP contribution in [0.1, 0.15) is 17.9 Å². The van der Waals surface area contributed by atoms with Gasteiger partial charge in [0.05, 0.1) is 6.61 Å². The van der Waals surface area contributed by atoms with Crippen LogP contribution in [0.2, 0.25) is 0 Å². The van der Waals surface area contributed by atoms with Crippen molar-refractivity contribution in [3.05, 3.63) is 29.8 Å². The van der Waals surface area contributed by atoms with Crippen molar-refractivity contribution in [2.45, 2.75) is 12.3 Å². The summed E-state index contributed by atoms with van der Waals surface area (Å²) in [5.74, 6) is 1.14. The molecule has 0 saturated heterocycles. The number of alkyl halides is 1. The van der Waals surface area contributed by atoms with Gasteiger partial charge in [0.15, 0.2) is 0 Å². The molecule has 5 heteroatoms. The molecule has 104 valence electrons. The average Bonchev–Trinajstić information content (AvgIpc) is 2.86. The largest absolute Gasteiger partial charge is 0.492 e. The van der Waals surface area contributed by atoms with Gasteiger partial charge >= 0.3 is 0 Å². The van der Waals surface area contributed by atoms with E-state index in [0.29, 0.717) is 32.2 Å². The fraction of sp³-hybridized carbons (Fsp3) is 0.500. The fourth-order valence-electron chi connectivity index (χ4n) is 2.05. The third-order valence-corrected chi connectivity index (χ3v) is 3.16. The van der Waals surface area contributed by atoms with Gasteiger partial charge in [-0.25, -0.2) is 0 Å². The van der Waals surface area contributed by atoms with Crippen LogP contribution in [0, 0.1) is 0 Å². The molecule has 1 aromatic rings. The molecule has 4 nitrogen and oxygen atoms in total. The van der Waals surface area contributed by atoms with Crippen molar-refractivity contribution in [1.82, 2.24) is 5.32 Å². The molecule has 1 aliphatic rings. The highest BCUT2D eigenvalue weighted by Gasteiger charge is 2.29. The maximum atomic E-state index is 12.0. The predicted octanol–water partition coefficient (Wildman–Crippen LogP) is 1.92. The number of hydrogen-bond acceptors (Lipinski definition) is 3. The smallest absolute Gasteiger partial charge is 0.231 e. The lowest BCUT2D eigenvalue weighted by atomic mass is 10.0. The molecule has 1 heterocycles. The molecule has 0 spiro atoms. The number of benzene rings is 1. The van der Waals surface area contributed by atoms with Gasteiger partial charge in [-0.3, -0.25) is 4.79 Å². The number of para-hydroxylation sites is 1. The van der Waals surface area contributed by atoms with Crippen molar-refractivity contribution in [3.63, 3.8) is 0 Å². The van der Waals surface area contributed by atoms with Crippen LogP contribution in [0.3, 0.4) is 0 Å². The van der Waals surface area contributed by atoms with E-state index in [4.69, 9.17) is 21.1 Å². The Kier molecular flexibility index (Phi) is 5.48. The van der Waals surface area contributed by atoms with Crippen LogP contribution in [0.15, 0.2) is 24.3 Å². The molecule has 1 unspecified atom stereocenters. The molecule has 1 atom stereocenters. The van der Waals surface area contributed by atoms with E-state index in [1.54, 1.807) is 0 Å². The number of carbonyl (C=O) groups excluding carboxylic acids is 1. The highest BCUT2D eigenvalue weighted by molar-refractivity contribution is 6.17. The van der Waals surface area contributed by atoms with Crippen molar-refractivity contribution in [2.75, 3.05) is 32.2 Å². The van der Waals surface area contributed by atoms with Crippen LogP contribution in [-0.4, -0.2) is 38.2 Å². The Labute approximate surface area is 118 Å². The van der Waals surface area contributed by atoms with Gasteiger partial charge in [-0.15, -0.1) is 11.6 Å². The zero-order valence-corrected chi connectivity index (χ0v) is 11.5. The van der Waals surface area contributed by atoms with Crippen molar-refractivity contribution < 1.29 is 14.3 Å². The highest BCUT2D eigenvalue weighted by atomic mass is 35.5. The summed E-state index contributed by atoms with van der Waals surface area (Å²) in [6, 6.07) is 7.67. The molecule has 0 aliphatic carbocycles. The van der Waals surface area contributed by atoms with Gasteiger partial charge in [-0.05, 0) is 12.5 Å². The molecule has 0 aromatic heterocycles. The topological polar surface area (TPSA) is 47.6 Å². The predicted molar refractivity (Wildman–Crippen MR) is 73.8 cm³/mol. The molecule has 1 amide bonds. The second kappa shape index (κ2) is 7.36. The molecule has 1 N–H and O–H groups in total. The second-order valence-corrected chi connectivity index (χ2v) is 4.73. The molecule has 1 aliphatic heterocycles. The first-order valence-corrected chi connectivity index (χ1v) is 6.99. The lowest BCUT2D eigenvalue weighted by Gasteiger charge is -2.10. The molecule has 0 fully saturated rings. The summed E-state index contributed by atoms with van der Waals surface area (Å²) >= 11 is 5.49. The first kappa shape index (κ1) is 14.2. The zero-order valence-electron chi connectivity index (χ0n) is 10.7. The zero-order chi connectivity index (χ0) is 13.5. The number of fused-ring (bicyclic) bond motifs is 1. The van der Waals surface area contributed by atoms with Crippen molar-refractivity contribution in [1.29, 1.82) is 0 Å². The third-order valence-electron chi connectivity index (χ3n) is 3.00. The molecular formula is C14H18ClNO3. The number of ether oxygens (including phenoxy) is 2. The number of amides is 1. The number of hydrogen-bond donors (Lipinski definition) is 1. The number of nitrogens with one attached hydrogen (secondary N) is 1. The summed E-state index contributed by atoms with van der Waals surface area (Å²) < 4.78 is 10.7. The van der Waals surface area contributed by atoms with E-state index < -0.39 is 0 Å². The molecule has 0 saturated carbocycles. The maximum absolute atomic E-state index is 12.0. The van der Waals surface area contributed by atoms with Crippen LogP contribution in [0.25, 0.3) is 0 Å². The van der Waals surface area contributed by atoms with Gasteiger partial charge in [0.1, 0.15) is 18.3 Å². The normalized spacial score (nSPS) is 16.8. The van der Waals surface area contributed by atoms with Crippen LogP contribution in [0.4, 0.5) is 0 Å². The van der Waals surface area contributed by atoms with Gasteiger partial charge in [-0.1, -0.05) is 18.2 Å². The minimum absolute atomic E-state index is 0.0160. The second-order valence-electron chi connectivity index (χ2n) is 4.35. The van der Waals surface area contributed by atoms with Crippen LogP contribution >= 0.6 is 11.6 Å². The summed E-state index contributed by atoms with van der Waals surface area (Å²) in [6.07, 6.45) is 0.790. The average molecular weight is 284 g/mol. The van der Waals surface area contributed by atoms with E-state index in [9.17, 15) is 4.79 Å². The van der Waals surface area contributed by atoms with Gasteiger partial charge in [0.25, 0.3) is 0 Å². The summed E-state index contributed by atoms with van der Waals surface area (Å²) in [5.41, 5.74) is 0.971. The molecule has 2 rings (SSSR count). The van der Waals surface area contributed by atoms with Crippen LogP contribution in [-0.2, 0) is 9.53 Å². The van der Waals surface area contributed by atoms with Crippen molar-refractivity contribution in [2.24, 2.45) is 0 Å². The van der Waals surface area contributed by atoms with Crippen LogP contribution < -0.4 is 10.1 Å². The van der Waals surface area contributed by atoms with Crippen molar-refractivity contribution >= 4 is 17.5 Å². The standard InChI is InChI=1S/C14H18ClNO3/c15-6-9-18-8-3-7-16-14(17)12-10-19-13-5-2-1-4-11(12)13/h1-2,4-5,12H,3,6-10H2,(H,16,17). The Balaban J connectivity index is 1.73. The number of carbonyl (C=O) groups is 1. The maximum Gasteiger partial charge on any atom is 0.231 e. The Bertz CT molecular complexity index is 425. The van der Waals surface area contributed by atoms with Crippen LogP contribution in [0.5, 0.6) is 5.75 Å². The number of rotatable bonds is 7. The number of halogens is 1. The molecule has 19 heavy (non-hydrogen) atoms. The molecular weight excluding hydrogens is 266 g/mol. The molecule has 0 radical (unpaired) electrons.